The Labute approximate surface area is 125 Å². The zero-order valence-electron chi connectivity index (χ0n) is 12.7. The number of rotatable bonds is 5. The topological polar surface area (TPSA) is 70.6 Å². The van der Waals surface area contributed by atoms with Crippen molar-refractivity contribution in [3.63, 3.8) is 0 Å². The highest BCUT2D eigenvalue weighted by Gasteiger charge is 2.30. The lowest BCUT2D eigenvalue weighted by Gasteiger charge is -2.32. The van der Waals surface area contributed by atoms with E-state index in [4.69, 9.17) is 4.74 Å². The minimum Gasteiger partial charge on any atom is -0.388 e. The summed E-state index contributed by atoms with van der Waals surface area (Å²) >= 11 is 0. The standard InChI is InChI=1S/C16H24N2O3/c1-12(2)18-14-6-4-3-5-13(14)15(19)17-11-16(20)7-9-21-10-8-16/h3-6,12,18,20H,7-11H2,1-2H3,(H,17,19). The van der Waals surface area contributed by atoms with Crippen LogP contribution < -0.4 is 10.6 Å². The average Bonchev–Trinajstić information content (AvgIpc) is 2.46. The summed E-state index contributed by atoms with van der Waals surface area (Å²) in [7, 11) is 0. The summed E-state index contributed by atoms with van der Waals surface area (Å²) in [4.78, 5) is 12.3. The van der Waals surface area contributed by atoms with Gasteiger partial charge >= 0.3 is 0 Å². The van der Waals surface area contributed by atoms with Crippen LogP contribution in [0.3, 0.4) is 0 Å². The summed E-state index contributed by atoms with van der Waals surface area (Å²) in [5.41, 5.74) is 0.555. The van der Waals surface area contributed by atoms with Crippen LogP contribution in [0.1, 0.15) is 37.0 Å². The second-order valence-electron chi connectivity index (χ2n) is 5.86. The highest BCUT2D eigenvalue weighted by molar-refractivity contribution is 5.99. The Morgan fingerprint density at radius 2 is 2.00 bits per heavy atom. The van der Waals surface area contributed by atoms with Crippen molar-refractivity contribution in [1.29, 1.82) is 0 Å². The van der Waals surface area contributed by atoms with Gasteiger partial charge in [-0.25, -0.2) is 0 Å². The molecule has 0 aliphatic carbocycles. The van der Waals surface area contributed by atoms with Crippen molar-refractivity contribution >= 4 is 11.6 Å². The molecule has 0 radical (unpaired) electrons. The van der Waals surface area contributed by atoms with E-state index in [2.05, 4.69) is 10.6 Å². The molecule has 0 atom stereocenters. The first kappa shape index (κ1) is 15.8. The summed E-state index contributed by atoms with van der Waals surface area (Å²) < 4.78 is 5.24. The fourth-order valence-corrected chi connectivity index (χ4v) is 2.39. The number of hydrogen-bond donors (Lipinski definition) is 3. The first-order valence-corrected chi connectivity index (χ1v) is 7.44. The Kier molecular flexibility index (Phi) is 5.20. The Morgan fingerprint density at radius 3 is 2.67 bits per heavy atom. The molecule has 1 fully saturated rings. The number of ether oxygens (including phenoxy) is 1. The highest BCUT2D eigenvalue weighted by Crippen LogP contribution is 2.20. The molecule has 1 aliphatic heterocycles. The van der Waals surface area contributed by atoms with E-state index in [1.807, 2.05) is 32.0 Å². The third-order valence-corrected chi connectivity index (χ3v) is 3.62. The molecule has 0 saturated carbocycles. The van der Waals surface area contributed by atoms with E-state index in [-0.39, 0.29) is 18.5 Å². The van der Waals surface area contributed by atoms with Crippen molar-refractivity contribution < 1.29 is 14.6 Å². The molecule has 1 aromatic rings. The maximum absolute atomic E-state index is 12.3. The van der Waals surface area contributed by atoms with Crippen molar-refractivity contribution in [1.82, 2.24) is 5.32 Å². The molecule has 0 spiro atoms. The van der Waals surface area contributed by atoms with Gasteiger partial charge in [-0.2, -0.15) is 0 Å². The van der Waals surface area contributed by atoms with E-state index in [0.29, 0.717) is 31.6 Å². The monoisotopic (exact) mass is 292 g/mol. The largest absolute Gasteiger partial charge is 0.388 e. The number of aliphatic hydroxyl groups is 1. The van der Waals surface area contributed by atoms with Crippen molar-refractivity contribution in [3.8, 4) is 0 Å². The molecule has 0 unspecified atom stereocenters. The molecule has 0 bridgehead atoms. The van der Waals surface area contributed by atoms with E-state index >= 15 is 0 Å². The number of carbonyl (C=O) groups excluding carboxylic acids is 1. The van der Waals surface area contributed by atoms with E-state index in [9.17, 15) is 9.90 Å². The summed E-state index contributed by atoms with van der Waals surface area (Å²) in [5, 5.41) is 16.5. The van der Waals surface area contributed by atoms with Crippen LogP contribution in [0, 0.1) is 0 Å². The van der Waals surface area contributed by atoms with Crippen molar-refractivity contribution in [2.75, 3.05) is 25.1 Å². The molecule has 1 aromatic carbocycles. The molecule has 1 aliphatic rings. The zero-order valence-corrected chi connectivity index (χ0v) is 12.7. The second-order valence-corrected chi connectivity index (χ2v) is 5.86. The minimum absolute atomic E-state index is 0.168. The summed E-state index contributed by atoms with van der Waals surface area (Å²) in [6.07, 6.45) is 1.11. The Morgan fingerprint density at radius 1 is 1.33 bits per heavy atom. The van der Waals surface area contributed by atoms with Gasteiger partial charge in [-0.05, 0) is 26.0 Å². The zero-order chi connectivity index (χ0) is 15.3. The molecular weight excluding hydrogens is 268 g/mol. The molecule has 1 saturated heterocycles. The molecule has 21 heavy (non-hydrogen) atoms. The van der Waals surface area contributed by atoms with Crippen LogP contribution in [0.4, 0.5) is 5.69 Å². The van der Waals surface area contributed by atoms with Crippen LogP contribution in [0.25, 0.3) is 0 Å². The molecule has 5 nitrogen and oxygen atoms in total. The molecule has 1 heterocycles. The van der Waals surface area contributed by atoms with Gasteiger partial charge in [0.25, 0.3) is 5.91 Å². The number of nitrogens with one attached hydrogen (secondary N) is 2. The van der Waals surface area contributed by atoms with Gasteiger partial charge in [0, 0.05) is 44.3 Å². The molecular formula is C16H24N2O3. The van der Waals surface area contributed by atoms with Gasteiger partial charge in [-0.15, -0.1) is 0 Å². The highest BCUT2D eigenvalue weighted by atomic mass is 16.5. The number of anilines is 1. The van der Waals surface area contributed by atoms with Gasteiger partial charge in [0.2, 0.25) is 0 Å². The average molecular weight is 292 g/mol. The van der Waals surface area contributed by atoms with E-state index in [1.54, 1.807) is 6.07 Å². The smallest absolute Gasteiger partial charge is 0.253 e. The fourth-order valence-electron chi connectivity index (χ4n) is 2.39. The Bertz CT molecular complexity index is 482. The number of para-hydroxylation sites is 1. The predicted molar refractivity (Wildman–Crippen MR) is 82.5 cm³/mol. The van der Waals surface area contributed by atoms with Crippen molar-refractivity contribution in [2.24, 2.45) is 0 Å². The van der Waals surface area contributed by atoms with Crippen LogP contribution in [0.2, 0.25) is 0 Å². The van der Waals surface area contributed by atoms with Crippen LogP contribution in [-0.4, -0.2) is 42.4 Å². The summed E-state index contributed by atoms with van der Waals surface area (Å²) in [5.74, 6) is -0.168. The maximum atomic E-state index is 12.3. The third-order valence-electron chi connectivity index (χ3n) is 3.62. The SMILES string of the molecule is CC(C)Nc1ccccc1C(=O)NCC1(O)CCOCC1. The van der Waals surface area contributed by atoms with Gasteiger partial charge in [-0.3, -0.25) is 4.79 Å². The number of amides is 1. The fraction of sp³-hybridized carbons (Fsp3) is 0.562. The maximum Gasteiger partial charge on any atom is 0.253 e. The van der Waals surface area contributed by atoms with E-state index in [1.165, 1.54) is 0 Å². The third kappa shape index (κ3) is 4.44. The lowest BCUT2D eigenvalue weighted by molar-refractivity contribution is -0.0605. The van der Waals surface area contributed by atoms with E-state index < -0.39 is 5.60 Å². The van der Waals surface area contributed by atoms with Crippen LogP contribution in [-0.2, 0) is 4.74 Å². The van der Waals surface area contributed by atoms with Gasteiger partial charge in [-0.1, -0.05) is 12.1 Å². The minimum atomic E-state index is -0.853. The molecule has 3 N–H and O–H groups in total. The van der Waals surface area contributed by atoms with Crippen LogP contribution in [0.5, 0.6) is 0 Å². The Balaban J connectivity index is 2.00. The molecule has 116 valence electrons. The summed E-state index contributed by atoms with van der Waals surface area (Å²) in [6, 6.07) is 7.65. The molecule has 2 rings (SSSR count). The number of carbonyl (C=O) groups is 1. The van der Waals surface area contributed by atoms with Crippen LogP contribution in [0.15, 0.2) is 24.3 Å². The second kappa shape index (κ2) is 6.91. The molecule has 1 amide bonds. The normalized spacial score (nSPS) is 17.5. The number of hydrogen-bond acceptors (Lipinski definition) is 4. The number of benzene rings is 1. The first-order valence-electron chi connectivity index (χ1n) is 7.44. The van der Waals surface area contributed by atoms with Crippen molar-refractivity contribution in [2.45, 2.75) is 38.3 Å². The van der Waals surface area contributed by atoms with Gasteiger partial charge in [0.1, 0.15) is 0 Å². The van der Waals surface area contributed by atoms with Gasteiger partial charge in [0.05, 0.1) is 11.2 Å². The first-order chi connectivity index (χ1) is 10.0. The van der Waals surface area contributed by atoms with Gasteiger partial charge in [0.15, 0.2) is 0 Å². The summed E-state index contributed by atoms with van der Waals surface area (Å²) in [6.45, 7) is 5.39. The lowest BCUT2D eigenvalue weighted by atomic mass is 9.94. The van der Waals surface area contributed by atoms with Gasteiger partial charge < -0.3 is 20.5 Å². The predicted octanol–water partition coefficient (Wildman–Crippen LogP) is 1.78. The quantitative estimate of drug-likeness (QED) is 0.773. The molecule has 0 aromatic heterocycles. The Hall–Kier alpha value is -1.59. The lowest BCUT2D eigenvalue weighted by Crippen LogP contribution is -2.46. The molecule has 5 heteroatoms. The van der Waals surface area contributed by atoms with E-state index in [0.717, 1.165) is 5.69 Å². The van der Waals surface area contributed by atoms with Crippen molar-refractivity contribution in [3.05, 3.63) is 29.8 Å². The van der Waals surface area contributed by atoms with Crippen LogP contribution >= 0.6 is 0 Å².